The Bertz CT molecular complexity index is 355. The van der Waals surface area contributed by atoms with Gasteiger partial charge in [0.25, 0.3) is 0 Å². The number of nitrogens with zero attached hydrogens (tertiary/aromatic N) is 2. The van der Waals surface area contributed by atoms with Crippen molar-refractivity contribution in [3.8, 4) is 0 Å². The van der Waals surface area contributed by atoms with E-state index in [0.29, 0.717) is 5.84 Å². The van der Waals surface area contributed by atoms with Crippen molar-refractivity contribution in [2.45, 2.75) is 64.3 Å². The summed E-state index contributed by atoms with van der Waals surface area (Å²) < 4.78 is 5.74. The molecule has 0 saturated carbocycles. The summed E-state index contributed by atoms with van der Waals surface area (Å²) in [6.07, 6.45) is 1.66. The van der Waals surface area contributed by atoms with Crippen molar-refractivity contribution >= 4 is 11.9 Å². The van der Waals surface area contributed by atoms with Crippen LogP contribution in [0.3, 0.4) is 0 Å². The molecule has 5 nitrogen and oxygen atoms in total. The highest BCUT2D eigenvalue weighted by atomic mass is 16.5. The normalized spacial score (nSPS) is 38.1. The maximum atomic E-state index is 11.9. The molecule has 5 heteroatoms. The zero-order valence-electron chi connectivity index (χ0n) is 10.9. The Balaban J connectivity index is 2.38. The molecule has 2 unspecified atom stereocenters. The first-order chi connectivity index (χ1) is 7.86. The van der Waals surface area contributed by atoms with Gasteiger partial charge in [-0.15, -0.1) is 0 Å². The van der Waals surface area contributed by atoms with E-state index in [1.165, 1.54) is 0 Å². The Labute approximate surface area is 102 Å². The molecule has 0 aromatic heterocycles. The Kier molecular flexibility index (Phi) is 2.89. The number of hydrogen-bond donors (Lipinski definition) is 1. The third kappa shape index (κ3) is 1.82. The minimum atomic E-state index is -0.428. The van der Waals surface area contributed by atoms with Gasteiger partial charge in [0.1, 0.15) is 11.4 Å². The summed E-state index contributed by atoms with van der Waals surface area (Å²) in [6, 6.07) is -0.108. The lowest BCUT2D eigenvalue weighted by atomic mass is 9.81. The van der Waals surface area contributed by atoms with Gasteiger partial charge in [-0.05, 0) is 27.7 Å². The van der Waals surface area contributed by atoms with Gasteiger partial charge < -0.3 is 15.4 Å². The van der Waals surface area contributed by atoms with Crippen molar-refractivity contribution in [1.82, 2.24) is 4.90 Å². The highest BCUT2D eigenvalue weighted by Crippen LogP contribution is 2.39. The van der Waals surface area contributed by atoms with Gasteiger partial charge in [0.05, 0.1) is 12.2 Å². The minimum Gasteiger partial charge on any atom is -0.385 e. The van der Waals surface area contributed by atoms with Gasteiger partial charge in [-0.1, -0.05) is 0 Å². The molecule has 2 aliphatic rings. The van der Waals surface area contributed by atoms with E-state index >= 15 is 0 Å². The van der Waals surface area contributed by atoms with E-state index in [2.05, 4.69) is 4.99 Å². The second kappa shape index (κ2) is 3.98. The third-order valence-electron chi connectivity index (χ3n) is 3.59. The Morgan fingerprint density at radius 1 is 1.41 bits per heavy atom. The van der Waals surface area contributed by atoms with Gasteiger partial charge in [0, 0.05) is 18.9 Å². The molecule has 1 fully saturated rings. The number of ether oxygens (including phenoxy) is 1. The summed E-state index contributed by atoms with van der Waals surface area (Å²) in [7, 11) is 0. The van der Waals surface area contributed by atoms with Gasteiger partial charge in [-0.25, -0.2) is 4.79 Å². The first-order valence-corrected chi connectivity index (χ1v) is 6.20. The summed E-state index contributed by atoms with van der Waals surface area (Å²) >= 11 is 0. The molecule has 96 valence electrons. The van der Waals surface area contributed by atoms with Crippen LogP contribution in [0.5, 0.6) is 0 Å². The minimum absolute atomic E-state index is 0.0969. The number of urea groups is 1. The molecule has 0 aromatic rings. The van der Waals surface area contributed by atoms with Gasteiger partial charge in [0.15, 0.2) is 0 Å². The van der Waals surface area contributed by atoms with Crippen LogP contribution in [0.15, 0.2) is 4.99 Å². The molecule has 17 heavy (non-hydrogen) atoms. The van der Waals surface area contributed by atoms with Crippen molar-refractivity contribution in [2.24, 2.45) is 10.7 Å². The second-order valence-corrected chi connectivity index (χ2v) is 5.44. The first kappa shape index (κ1) is 12.4. The van der Waals surface area contributed by atoms with Crippen molar-refractivity contribution in [3.05, 3.63) is 0 Å². The average molecular weight is 239 g/mol. The predicted molar refractivity (Wildman–Crippen MR) is 66.0 cm³/mol. The van der Waals surface area contributed by atoms with E-state index in [9.17, 15) is 4.79 Å². The fraction of sp³-hybridized carbons (Fsp3) is 0.833. The average Bonchev–Trinajstić information content (AvgIpc) is 2.35. The molecule has 2 atom stereocenters. The van der Waals surface area contributed by atoms with Crippen LogP contribution in [0.25, 0.3) is 0 Å². The number of hydrogen-bond acceptors (Lipinski definition) is 3. The number of amides is 2. The van der Waals surface area contributed by atoms with Crippen molar-refractivity contribution in [1.29, 1.82) is 0 Å². The van der Waals surface area contributed by atoms with Gasteiger partial charge in [-0.2, -0.15) is 4.99 Å². The van der Waals surface area contributed by atoms with Crippen LogP contribution in [-0.4, -0.2) is 40.6 Å². The number of carbonyl (C=O) groups excluding carboxylic acids is 1. The fourth-order valence-corrected chi connectivity index (χ4v) is 3.22. The molecule has 2 aliphatic heterocycles. The zero-order valence-corrected chi connectivity index (χ0v) is 10.9. The van der Waals surface area contributed by atoms with Gasteiger partial charge in [-0.3, -0.25) is 0 Å². The van der Waals surface area contributed by atoms with Crippen LogP contribution in [0.1, 0.15) is 40.5 Å². The van der Waals surface area contributed by atoms with E-state index in [-0.39, 0.29) is 24.3 Å². The molecule has 2 heterocycles. The lowest BCUT2D eigenvalue weighted by Gasteiger charge is -2.46. The highest BCUT2D eigenvalue weighted by Gasteiger charge is 2.53. The van der Waals surface area contributed by atoms with Crippen LogP contribution in [0.2, 0.25) is 0 Å². The first-order valence-electron chi connectivity index (χ1n) is 6.20. The summed E-state index contributed by atoms with van der Waals surface area (Å²) in [5, 5.41) is 0. The molecule has 0 aliphatic carbocycles. The quantitative estimate of drug-likeness (QED) is 0.754. The Morgan fingerprint density at radius 3 is 2.41 bits per heavy atom. The molecule has 2 amide bonds. The molecule has 1 saturated heterocycles. The summed E-state index contributed by atoms with van der Waals surface area (Å²) in [6.45, 7) is 8.04. The van der Waals surface area contributed by atoms with E-state index < -0.39 is 5.54 Å². The fourth-order valence-electron chi connectivity index (χ4n) is 3.22. The Morgan fingerprint density at radius 2 is 1.94 bits per heavy atom. The smallest absolute Gasteiger partial charge is 0.346 e. The molecular formula is C12H21N3O2. The number of rotatable bonds is 1. The molecular weight excluding hydrogens is 218 g/mol. The monoisotopic (exact) mass is 239 g/mol. The molecule has 0 radical (unpaired) electrons. The number of amidine groups is 1. The van der Waals surface area contributed by atoms with E-state index in [0.717, 1.165) is 12.8 Å². The van der Waals surface area contributed by atoms with Gasteiger partial charge in [0.2, 0.25) is 0 Å². The maximum Gasteiger partial charge on any atom is 0.346 e. The topological polar surface area (TPSA) is 67.9 Å². The standard InChI is InChI=1S/C12H21N3O2/c1-7(2)15-11(16)14-10(13)12(15)5-8(3)17-9(4)6-12/h7-9H,5-6H2,1-4H3,(H2,13,14,16). The third-order valence-corrected chi connectivity index (χ3v) is 3.59. The lowest BCUT2D eigenvalue weighted by molar-refractivity contribution is -0.0754. The van der Waals surface area contributed by atoms with E-state index in [1.807, 2.05) is 32.6 Å². The molecule has 0 aromatic carbocycles. The highest BCUT2D eigenvalue weighted by molar-refractivity contribution is 6.06. The van der Waals surface area contributed by atoms with Crippen molar-refractivity contribution < 1.29 is 9.53 Å². The SMILES string of the molecule is CC1CC2(CC(C)O1)C(N)=NC(=O)N2C(C)C. The summed E-state index contributed by atoms with van der Waals surface area (Å²) in [5.74, 6) is 0.457. The van der Waals surface area contributed by atoms with Crippen LogP contribution in [-0.2, 0) is 4.74 Å². The Hall–Kier alpha value is -1.10. The van der Waals surface area contributed by atoms with Crippen molar-refractivity contribution in [3.63, 3.8) is 0 Å². The maximum absolute atomic E-state index is 11.9. The van der Waals surface area contributed by atoms with Crippen LogP contribution in [0.4, 0.5) is 4.79 Å². The molecule has 0 bridgehead atoms. The van der Waals surface area contributed by atoms with E-state index in [1.54, 1.807) is 0 Å². The number of nitrogens with two attached hydrogens (primary N) is 1. The van der Waals surface area contributed by atoms with E-state index in [4.69, 9.17) is 10.5 Å². The zero-order chi connectivity index (χ0) is 12.8. The number of aliphatic imine (C=N–C) groups is 1. The molecule has 2 N–H and O–H groups in total. The summed E-state index contributed by atoms with van der Waals surface area (Å²) in [5.41, 5.74) is 5.59. The predicted octanol–water partition coefficient (Wildman–Crippen LogP) is 1.51. The second-order valence-electron chi connectivity index (χ2n) is 5.44. The number of carbonyl (C=O) groups is 1. The van der Waals surface area contributed by atoms with Crippen LogP contribution < -0.4 is 5.73 Å². The lowest BCUT2D eigenvalue weighted by Crippen LogP contribution is -2.61. The van der Waals surface area contributed by atoms with Crippen LogP contribution in [0, 0.1) is 0 Å². The molecule has 2 rings (SSSR count). The van der Waals surface area contributed by atoms with Crippen molar-refractivity contribution in [2.75, 3.05) is 0 Å². The van der Waals surface area contributed by atoms with Gasteiger partial charge >= 0.3 is 6.03 Å². The summed E-state index contributed by atoms with van der Waals surface area (Å²) in [4.78, 5) is 17.7. The molecule has 1 spiro atoms. The van der Waals surface area contributed by atoms with Crippen LogP contribution >= 0.6 is 0 Å². The largest absolute Gasteiger partial charge is 0.385 e.